The van der Waals surface area contributed by atoms with Crippen LogP contribution >= 0.6 is 0 Å². The molecule has 2 heterocycles. The Labute approximate surface area is 168 Å². The van der Waals surface area contributed by atoms with Crippen LogP contribution in [0, 0.1) is 0 Å². The second kappa shape index (κ2) is 7.82. The van der Waals surface area contributed by atoms with Crippen molar-refractivity contribution in [2.75, 3.05) is 5.32 Å². The molecule has 0 fully saturated rings. The van der Waals surface area contributed by atoms with E-state index in [0.29, 0.717) is 16.8 Å². The fourth-order valence-electron chi connectivity index (χ4n) is 2.78. The summed E-state index contributed by atoms with van der Waals surface area (Å²) < 4.78 is 44.2. The zero-order valence-electron chi connectivity index (χ0n) is 15.4. The molecule has 0 saturated heterocycles. The van der Waals surface area contributed by atoms with Gasteiger partial charge in [0.2, 0.25) is 5.55 Å². The zero-order valence-corrected chi connectivity index (χ0v) is 15.4. The van der Waals surface area contributed by atoms with Crippen LogP contribution in [0.2, 0.25) is 0 Å². The van der Waals surface area contributed by atoms with Gasteiger partial charge in [-0.3, -0.25) is 4.79 Å². The summed E-state index contributed by atoms with van der Waals surface area (Å²) in [6.07, 6.45) is -2.91. The van der Waals surface area contributed by atoms with E-state index in [1.54, 1.807) is 48.5 Å². The Kier molecular flexibility index (Phi) is 5.05. The fraction of sp³-hybridized carbons (Fsp3) is 0.0455. The molecule has 0 aliphatic carbocycles. The number of alkyl halides is 3. The molecule has 2 aromatic heterocycles. The van der Waals surface area contributed by atoms with Gasteiger partial charge in [0.1, 0.15) is 17.0 Å². The number of amides is 1. The standard InChI is InChI=1S/C22H14F3N3O2/c23-22(24,25)15-8-10-16(11-9-15)27-21-17(13-14-5-1-2-6-18(14)30-21)20(29)28-19-7-3-4-12-26-19/h1-13H,(H,26,28,29). The number of hydrogen-bond acceptors (Lipinski definition) is 4. The van der Waals surface area contributed by atoms with E-state index in [0.717, 1.165) is 12.1 Å². The molecule has 4 rings (SSSR count). The molecule has 5 nitrogen and oxygen atoms in total. The summed E-state index contributed by atoms with van der Waals surface area (Å²) in [5.74, 6) is -0.162. The van der Waals surface area contributed by atoms with E-state index < -0.39 is 17.6 Å². The third kappa shape index (κ3) is 4.22. The average molecular weight is 409 g/mol. The third-order valence-electron chi connectivity index (χ3n) is 4.23. The van der Waals surface area contributed by atoms with Crippen LogP contribution in [0.3, 0.4) is 0 Å². The summed E-state index contributed by atoms with van der Waals surface area (Å²) in [6, 6.07) is 18.0. The van der Waals surface area contributed by atoms with Crippen LogP contribution in [0.1, 0.15) is 15.9 Å². The molecule has 30 heavy (non-hydrogen) atoms. The first-order valence-corrected chi connectivity index (χ1v) is 8.87. The summed E-state index contributed by atoms with van der Waals surface area (Å²) in [6.45, 7) is 0. The monoisotopic (exact) mass is 409 g/mol. The van der Waals surface area contributed by atoms with Crippen LogP contribution in [0.4, 0.5) is 24.7 Å². The van der Waals surface area contributed by atoms with E-state index in [2.05, 4.69) is 15.3 Å². The SMILES string of the molecule is O=C(Nc1ccccn1)c1cc2ccccc2oc1=Nc1ccc(C(F)(F)F)cc1. The molecule has 0 saturated carbocycles. The van der Waals surface area contributed by atoms with E-state index in [-0.39, 0.29) is 16.8 Å². The van der Waals surface area contributed by atoms with Crippen LogP contribution in [-0.2, 0) is 6.18 Å². The number of nitrogens with zero attached hydrogens (tertiary/aromatic N) is 2. The topological polar surface area (TPSA) is 67.5 Å². The lowest BCUT2D eigenvalue weighted by molar-refractivity contribution is -0.137. The van der Waals surface area contributed by atoms with Gasteiger partial charge in [-0.1, -0.05) is 24.3 Å². The Morgan fingerprint density at radius 1 is 0.967 bits per heavy atom. The number of carbonyl (C=O) groups is 1. The highest BCUT2D eigenvalue weighted by Gasteiger charge is 2.29. The number of rotatable bonds is 3. The first-order chi connectivity index (χ1) is 14.4. The maximum Gasteiger partial charge on any atom is 0.416 e. The minimum atomic E-state index is -4.44. The summed E-state index contributed by atoms with van der Waals surface area (Å²) in [7, 11) is 0. The van der Waals surface area contributed by atoms with Crippen LogP contribution in [0.25, 0.3) is 11.0 Å². The second-order valence-electron chi connectivity index (χ2n) is 6.33. The maximum absolute atomic E-state index is 12.8. The first kappa shape index (κ1) is 19.4. The minimum absolute atomic E-state index is 0.0260. The van der Waals surface area contributed by atoms with E-state index in [9.17, 15) is 18.0 Å². The molecular weight excluding hydrogens is 395 g/mol. The zero-order chi connectivity index (χ0) is 21.1. The number of fused-ring (bicyclic) bond motifs is 1. The fourth-order valence-corrected chi connectivity index (χ4v) is 2.78. The third-order valence-corrected chi connectivity index (χ3v) is 4.23. The van der Waals surface area contributed by atoms with Crippen molar-refractivity contribution in [1.29, 1.82) is 0 Å². The van der Waals surface area contributed by atoms with E-state index >= 15 is 0 Å². The highest BCUT2D eigenvalue weighted by molar-refractivity contribution is 6.04. The summed E-state index contributed by atoms with van der Waals surface area (Å²) in [5, 5.41) is 3.34. The van der Waals surface area contributed by atoms with Crippen molar-refractivity contribution < 1.29 is 22.4 Å². The number of hydrogen-bond donors (Lipinski definition) is 1. The van der Waals surface area contributed by atoms with Crippen molar-refractivity contribution >= 4 is 28.4 Å². The second-order valence-corrected chi connectivity index (χ2v) is 6.33. The normalized spacial score (nSPS) is 12.2. The first-order valence-electron chi connectivity index (χ1n) is 8.87. The molecule has 0 unspecified atom stereocenters. The van der Waals surface area contributed by atoms with Gasteiger partial charge in [0.25, 0.3) is 5.91 Å². The van der Waals surface area contributed by atoms with Crippen LogP contribution in [0.5, 0.6) is 0 Å². The molecule has 0 atom stereocenters. The van der Waals surface area contributed by atoms with Gasteiger partial charge in [0.15, 0.2) is 0 Å². The average Bonchev–Trinajstić information content (AvgIpc) is 2.73. The Bertz CT molecular complexity index is 1260. The lowest BCUT2D eigenvalue weighted by Crippen LogP contribution is -2.22. The van der Waals surface area contributed by atoms with Crippen LogP contribution < -0.4 is 10.9 Å². The van der Waals surface area contributed by atoms with E-state index in [1.807, 2.05) is 0 Å². The highest BCUT2D eigenvalue weighted by atomic mass is 19.4. The molecular formula is C22H14F3N3O2. The van der Waals surface area contributed by atoms with Gasteiger partial charge in [-0.2, -0.15) is 13.2 Å². The van der Waals surface area contributed by atoms with Gasteiger partial charge in [0, 0.05) is 11.6 Å². The number of carbonyl (C=O) groups excluding carboxylic acids is 1. The van der Waals surface area contributed by atoms with Crippen LogP contribution in [-0.4, -0.2) is 10.9 Å². The maximum atomic E-state index is 12.8. The van der Waals surface area contributed by atoms with Crippen molar-refractivity contribution in [3.05, 3.63) is 95.7 Å². The molecule has 0 spiro atoms. The van der Waals surface area contributed by atoms with E-state index in [1.165, 1.54) is 18.3 Å². The van der Waals surface area contributed by atoms with Crippen molar-refractivity contribution in [3.8, 4) is 0 Å². The molecule has 0 radical (unpaired) electrons. The Morgan fingerprint density at radius 3 is 2.40 bits per heavy atom. The number of nitrogens with one attached hydrogen (secondary N) is 1. The molecule has 8 heteroatoms. The molecule has 0 bridgehead atoms. The smallest absolute Gasteiger partial charge is 0.416 e. The molecule has 0 aliphatic rings. The highest BCUT2D eigenvalue weighted by Crippen LogP contribution is 2.30. The number of pyridine rings is 1. The lowest BCUT2D eigenvalue weighted by Gasteiger charge is -2.07. The molecule has 2 aromatic carbocycles. The van der Waals surface area contributed by atoms with Crippen molar-refractivity contribution in [2.24, 2.45) is 4.99 Å². The molecule has 150 valence electrons. The lowest BCUT2D eigenvalue weighted by atomic mass is 10.1. The number of halogens is 3. The van der Waals surface area contributed by atoms with E-state index in [4.69, 9.17) is 4.42 Å². The number of benzene rings is 2. The Morgan fingerprint density at radius 2 is 1.70 bits per heavy atom. The molecule has 1 N–H and O–H groups in total. The van der Waals surface area contributed by atoms with Gasteiger partial charge >= 0.3 is 6.18 Å². The van der Waals surface area contributed by atoms with Crippen LogP contribution in [0.15, 0.2) is 88.4 Å². The number of anilines is 1. The predicted octanol–water partition coefficient (Wildman–Crippen LogP) is 5.33. The number of aromatic nitrogens is 1. The summed E-state index contributed by atoms with van der Waals surface area (Å²) >= 11 is 0. The molecule has 0 aliphatic heterocycles. The van der Waals surface area contributed by atoms with Gasteiger partial charge in [0.05, 0.1) is 11.3 Å². The molecule has 4 aromatic rings. The van der Waals surface area contributed by atoms with Crippen molar-refractivity contribution in [3.63, 3.8) is 0 Å². The van der Waals surface area contributed by atoms with Gasteiger partial charge in [-0.15, -0.1) is 0 Å². The quantitative estimate of drug-likeness (QED) is 0.497. The Hall–Kier alpha value is -3.94. The molecule has 1 amide bonds. The van der Waals surface area contributed by atoms with Crippen molar-refractivity contribution in [2.45, 2.75) is 6.18 Å². The Balaban J connectivity index is 1.80. The van der Waals surface area contributed by atoms with Gasteiger partial charge in [-0.05, 0) is 48.5 Å². The largest absolute Gasteiger partial charge is 0.438 e. The summed E-state index contributed by atoms with van der Waals surface area (Å²) in [4.78, 5) is 21.1. The summed E-state index contributed by atoms with van der Waals surface area (Å²) in [5.41, 5.74) is 0.0117. The van der Waals surface area contributed by atoms with Gasteiger partial charge < -0.3 is 9.73 Å². The minimum Gasteiger partial charge on any atom is -0.438 e. The van der Waals surface area contributed by atoms with Gasteiger partial charge in [-0.25, -0.2) is 9.98 Å². The van der Waals surface area contributed by atoms with Crippen molar-refractivity contribution in [1.82, 2.24) is 4.98 Å². The number of para-hydroxylation sites is 1. The predicted molar refractivity (Wildman–Crippen MR) is 105 cm³/mol.